The lowest BCUT2D eigenvalue weighted by Gasteiger charge is -2.21. The lowest BCUT2D eigenvalue weighted by atomic mass is 10.2. The van der Waals surface area contributed by atoms with Gasteiger partial charge in [-0.2, -0.15) is 0 Å². The van der Waals surface area contributed by atoms with Crippen LogP contribution in [0.3, 0.4) is 0 Å². The number of ether oxygens (including phenoxy) is 1. The Labute approximate surface area is 138 Å². The van der Waals surface area contributed by atoms with Crippen LogP contribution >= 0.6 is 0 Å². The third-order valence-electron chi connectivity index (χ3n) is 4.18. The molecule has 0 atom stereocenters. The summed E-state index contributed by atoms with van der Waals surface area (Å²) in [5.41, 5.74) is 1.11. The number of hydrogen-bond acceptors (Lipinski definition) is 3. The number of aryl methyl sites for hydroxylation is 1. The van der Waals surface area contributed by atoms with Crippen molar-refractivity contribution >= 4 is 11.8 Å². The molecule has 2 rings (SSSR count). The van der Waals surface area contributed by atoms with Crippen LogP contribution in [0.5, 0.6) is 5.75 Å². The van der Waals surface area contributed by atoms with Crippen LogP contribution in [0.2, 0.25) is 0 Å². The summed E-state index contributed by atoms with van der Waals surface area (Å²) in [5, 5.41) is 0. The number of carbonyl (C=O) groups excluding carboxylic acids is 2. The topological polar surface area (TPSA) is 49.9 Å². The minimum atomic E-state index is 0.0888. The van der Waals surface area contributed by atoms with Crippen LogP contribution < -0.4 is 4.74 Å². The van der Waals surface area contributed by atoms with Crippen molar-refractivity contribution in [3.05, 3.63) is 29.8 Å². The fourth-order valence-electron chi connectivity index (χ4n) is 2.76. The number of carbonyl (C=O) groups is 2. The van der Waals surface area contributed by atoms with E-state index in [-0.39, 0.29) is 11.8 Å². The molecule has 1 saturated heterocycles. The van der Waals surface area contributed by atoms with E-state index in [4.69, 9.17) is 4.74 Å². The minimum absolute atomic E-state index is 0.0888. The van der Waals surface area contributed by atoms with Gasteiger partial charge in [0.2, 0.25) is 11.8 Å². The zero-order chi connectivity index (χ0) is 16.7. The number of hydrogen-bond donors (Lipinski definition) is 0. The molecule has 0 saturated carbocycles. The van der Waals surface area contributed by atoms with E-state index >= 15 is 0 Å². The average Bonchev–Trinajstić information content (AvgIpc) is 2.79. The first-order chi connectivity index (χ1) is 11.1. The second kappa shape index (κ2) is 8.56. The van der Waals surface area contributed by atoms with Gasteiger partial charge in [-0.25, -0.2) is 0 Å². The van der Waals surface area contributed by atoms with E-state index in [0.717, 1.165) is 30.8 Å². The Morgan fingerprint density at radius 1 is 1.09 bits per heavy atom. The van der Waals surface area contributed by atoms with Crippen LogP contribution in [0.1, 0.15) is 31.7 Å². The van der Waals surface area contributed by atoms with Gasteiger partial charge in [0.15, 0.2) is 0 Å². The third kappa shape index (κ3) is 5.27. The van der Waals surface area contributed by atoms with Gasteiger partial charge in [0.05, 0.1) is 6.61 Å². The summed E-state index contributed by atoms with van der Waals surface area (Å²) in [6, 6.07) is 7.89. The summed E-state index contributed by atoms with van der Waals surface area (Å²) in [4.78, 5) is 27.4. The Balaban J connectivity index is 1.70. The number of amides is 2. The van der Waals surface area contributed by atoms with Crippen LogP contribution in [-0.2, 0) is 9.59 Å². The molecule has 0 unspecified atom stereocenters. The van der Waals surface area contributed by atoms with E-state index in [0.29, 0.717) is 32.5 Å². The molecule has 126 valence electrons. The lowest BCUT2D eigenvalue weighted by Crippen LogP contribution is -2.36. The predicted octanol–water partition coefficient (Wildman–Crippen LogP) is 2.23. The maximum atomic E-state index is 12.3. The van der Waals surface area contributed by atoms with Crippen molar-refractivity contribution in [2.24, 2.45) is 0 Å². The van der Waals surface area contributed by atoms with E-state index in [2.05, 4.69) is 0 Å². The molecule has 0 N–H and O–H groups in total. The highest BCUT2D eigenvalue weighted by Gasteiger charge is 2.19. The molecule has 5 heteroatoms. The molecule has 1 aliphatic rings. The van der Waals surface area contributed by atoms with Gasteiger partial charge in [-0.05, 0) is 31.4 Å². The summed E-state index contributed by atoms with van der Waals surface area (Å²) in [6.07, 6.45) is 2.05. The van der Waals surface area contributed by atoms with Crippen LogP contribution in [0.4, 0.5) is 0 Å². The maximum Gasteiger partial charge on any atom is 0.222 e. The van der Waals surface area contributed by atoms with E-state index in [1.807, 2.05) is 41.0 Å². The van der Waals surface area contributed by atoms with Crippen molar-refractivity contribution in [2.75, 3.05) is 32.8 Å². The van der Waals surface area contributed by atoms with E-state index in [1.165, 1.54) is 0 Å². The summed E-state index contributed by atoms with van der Waals surface area (Å²) in [5.74, 6) is 1.13. The van der Waals surface area contributed by atoms with Gasteiger partial charge in [-0.1, -0.05) is 18.2 Å². The van der Waals surface area contributed by atoms with E-state index < -0.39 is 0 Å². The first-order valence-electron chi connectivity index (χ1n) is 8.29. The first kappa shape index (κ1) is 17.3. The van der Waals surface area contributed by atoms with Gasteiger partial charge in [0.25, 0.3) is 0 Å². The summed E-state index contributed by atoms with van der Waals surface area (Å²) < 4.78 is 5.72. The Hall–Kier alpha value is -2.04. The highest BCUT2D eigenvalue weighted by molar-refractivity contribution is 5.76. The Kier molecular flexibility index (Phi) is 6.44. The van der Waals surface area contributed by atoms with Crippen LogP contribution in [0, 0.1) is 6.92 Å². The van der Waals surface area contributed by atoms with Gasteiger partial charge in [0.1, 0.15) is 5.75 Å². The molecule has 1 aromatic carbocycles. The number of nitrogens with zero attached hydrogens (tertiary/aromatic N) is 2. The molecule has 1 fully saturated rings. The third-order valence-corrected chi connectivity index (χ3v) is 4.18. The molecular weight excluding hydrogens is 292 g/mol. The molecule has 0 radical (unpaired) electrons. The monoisotopic (exact) mass is 318 g/mol. The van der Waals surface area contributed by atoms with Crippen molar-refractivity contribution < 1.29 is 14.3 Å². The standard InChI is InChI=1S/C18H26N2O3/c1-15-7-3-4-8-17(15)23-14-5-9-18(22)20-11-6-10-19(12-13-20)16(2)21/h3-4,7-8H,5-6,9-14H2,1-2H3. The SMILES string of the molecule is CC(=O)N1CCCN(C(=O)CCCOc2ccccc2C)CC1. The molecule has 23 heavy (non-hydrogen) atoms. The Morgan fingerprint density at radius 2 is 1.78 bits per heavy atom. The highest BCUT2D eigenvalue weighted by Crippen LogP contribution is 2.16. The van der Waals surface area contributed by atoms with Gasteiger partial charge in [-0.3, -0.25) is 9.59 Å². The van der Waals surface area contributed by atoms with E-state index in [1.54, 1.807) is 6.92 Å². The molecule has 1 aromatic rings. The number of rotatable bonds is 5. The largest absolute Gasteiger partial charge is 0.493 e. The summed E-state index contributed by atoms with van der Waals surface area (Å²) in [7, 11) is 0. The molecule has 0 aliphatic carbocycles. The Bertz CT molecular complexity index is 545. The smallest absolute Gasteiger partial charge is 0.222 e. The predicted molar refractivity (Wildman–Crippen MR) is 89.4 cm³/mol. The zero-order valence-corrected chi connectivity index (χ0v) is 14.1. The lowest BCUT2D eigenvalue weighted by molar-refractivity contribution is -0.132. The average molecular weight is 318 g/mol. The fraction of sp³-hybridized carbons (Fsp3) is 0.556. The fourth-order valence-corrected chi connectivity index (χ4v) is 2.76. The van der Waals surface area contributed by atoms with Crippen molar-refractivity contribution in [1.82, 2.24) is 9.80 Å². The number of para-hydroxylation sites is 1. The van der Waals surface area contributed by atoms with Crippen molar-refractivity contribution in [3.63, 3.8) is 0 Å². The zero-order valence-electron chi connectivity index (χ0n) is 14.1. The maximum absolute atomic E-state index is 12.3. The van der Waals surface area contributed by atoms with Gasteiger partial charge in [0, 0.05) is 39.5 Å². The summed E-state index contributed by atoms with van der Waals surface area (Å²) in [6.45, 7) is 6.90. The highest BCUT2D eigenvalue weighted by atomic mass is 16.5. The van der Waals surface area contributed by atoms with Crippen molar-refractivity contribution in [3.8, 4) is 5.75 Å². The molecule has 1 aliphatic heterocycles. The molecule has 5 nitrogen and oxygen atoms in total. The van der Waals surface area contributed by atoms with Gasteiger partial charge < -0.3 is 14.5 Å². The second-order valence-electron chi connectivity index (χ2n) is 5.96. The Morgan fingerprint density at radius 3 is 2.52 bits per heavy atom. The van der Waals surface area contributed by atoms with Gasteiger partial charge >= 0.3 is 0 Å². The molecule has 0 aromatic heterocycles. The normalized spacial score (nSPS) is 15.2. The van der Waals surface area contributed by atoms with Crippen molar-refractivity contribution in [1.29, 1.82) is 0 Å². The molecule has 0 bridgehead atoms. The van der Waals surface area contributed by atoms with Crippen LogP contribution in [0.25, 0.3) is 0 Å². The first-order valence-corrected chi connectivity index (χ1v) is 8.29. The van der Waals surface area contributed by atoms with Gasteiger partial charge in [-0.15, -0.1) is 0 Å². The minimum Gasteiger partial charge on any atom is -0.493 e. The van der Waals surface area contributed by atoms with Crippen molar-refractivity contribution in [2.45, 2.75) is 33.1 Å². The van der Waals surface area contributed by atoms with Crippen LogP contribution in [0.15, 0.2) is 24.3 Å². The molecule has 2 amide bonds. The quantitative estimate of drug-likeness (QED) is 0.782. The number of benzene rings is 1. The molecule has 1 heterocycles. The van der Waals surface area contributed by atoms with E-state index in [9.17, 15) is 9.59 Å². The molecule has 0 spiro atoms. The molecular formula is C18H26N2O3. The second-order valence-corrected chi connectivity index (χ2v) is 5.96. The van der Waals surface area contributed by atoms with Crippen LogP contribution in [-0.4, -0.2) is 54.4 Å². The summed E-state index contributed by atoms with van der Waals surface area (Å²) >= 11 is 0.